The summed E-state index contributed by atoms with van der Waals surface area (Å²) in [5.41, 5.74) is 0. The molecule has 0 bridgehead atoms. The van der Waals surface area contributed by atoms with E-state index in [4.69, 9.17) is 4.74 Å². The largest absolute Gasteiger partial charge is 0.380 e. The van der Waals surface area contributed by atoms with Gasteiger partial charge in [-0.25, -0.2) is 0 Å². The van der Waals surface area contributed by atoms with Gasteiger partial charge in [0.05, 0.1) is 10.9 Å². The van der Waals surface area contributed by atoms with Gasteiger partial charge in [-0.3, -0.25) is 0 Å². The maximum Gasteiger partial charge on any atom is 0.0627 e. The summed E-state index contributed by atoms with van der Waals surface area (Å²) < 4.78 is 5.51. The Labute approximate surface area is 139 Å². The third kappa shape index (κ3) is 7.91. The van der Waals surface area contributed by atoms with Crippen molar-refractivity contribution in [2.45, 2.75) is 47.6 Å². The zero-order valence-corrected chi connectivity index (χ0v) is 17.0. The molecule has 0 aliphatic carbocycles. The van der Waals surface area contributed by atoms with Crippen molar-refractivity contribution in [2.75, 3.05) is 18.5 Å². The molecule has 0 saturated heterocycles. The first-order valence-corrected chi connectivity index (χ1v) is 9.70. The van der Waals surface area contributed by atoms with Crippen LogP contribution in [0.25, 0.3) is 0 Å². The fourth-order valence-corrected chi connectivity index (χ4v) is 3.12. The van der Waals surface area contributed by atoms with E-state index in [-0.39, 0.29) is 4.32 Å². The molecule has 0 aliphatic rings. The van der Waals surface area contributed by atoms with Crippen LogP contribution < -0.4 is 0 Å². The van der Waals surface area contributed by atoms with Gasteiger partial charge in [-0.1, -0.05) is 70.6 Å². The smallest absolute Gasteiger partial charge is 0.0627 e. The topological polar surface area (TPSA) is 9.23 Å². The number of hydrogen-bond donors (Lipinski definition) is 0. The third-order valence-electron chi connectivity index (χ3n) is 2.88. The first kappa shape index (κ1) is 18.9. The summed E-state index contributed by atoms with van der Waals surface area (Å²) in [5, 5.41) is 1.01. The second kappa shape index (κ2) is 9.73. The van der Waals surface area contributed by atoms with Crippen LogP contribution in [0.5, 0.6) is 0 Å². The van der Waals surface area contributed by atoms with E-state index in [1.54, 1.807) is 0 Å². The minimum atomic E-state index is 0.0128. The van der Waals surface area contributed by atoms with Crippen LogP contribution in [0.1, 0.15) is 33.6 Å². The van der Waals surface area contributed by atoms with E-state index in [9.17, 15) is 0 Å². The number of alkyl halides is 4. The standard InChI is InChI=1S/C12H22Br4O/c1-4-17-8-12(3,16)11(15)6-5-9(2)10(14)7-13/h9-11H,4-8H2,1-3H3. The van der Waals surface area contributed by atoms with E-state index in [0.29, 0.717) is 15.6 Å². The number of halogens is 4. The van der Waals surface area contributed by atoms with Crippen molar-refractivity contribution in [3.8, 4) is 0 Å². The summed E-state index contributed by atoms with van der Waals surface area (Å²) in [4.78, 5) is 0.981. The van der Waals surface area contributed by atoms with Crippen LogP contribution in [-0.4, -0.2) is 32.5 Å². The van der Waals surface area contributed by atoms with Crippen LogP contribution in [0.4, 0.5) is 0 Å². The molecule has 0 fully saturated rings. The van der Waals surface area contributed by atoms with Crippen LogP contribution in [0.15, 0.2) is 0 Å². The van der Waals surface area contributed by atoms with Crippen molar-refractivity contribution in [1.29, 1.82) is 0 Å². The second-order valence-electron chi connectivity index (χ2n) is 4.61. The third-order valence-corrected chi connectivity index (χ3v) is 8.54. The Morgan fingerprint density at radius 1 is 1.24 bits per heavy atom. The molecule has 0 aromatic heterocycles. The van der Waals surface area contributed by atoms with Gasteiger partial charge < -0.3 is 4.74 Å². The number of ether oxygens (including phenoxy) is 1. The Hall–Kier alpha value is 1.88. The van der Waals surface area contributed by atoms with Crippen LogP contribution >= 0.6 is 63.7 Å². The highest BCUT2D eigenvalue weighted by Gasteiger charge is 2.30. The molecule has 4 atom stereocenters. The molecule has 17 heavy (non-hydrogen) atoms. The lowest BCUT2D eigenvalue weighted by Crippen LogP contribution is -2.34. The van der Waals surface area contributed by atoms with Gasteiger partial charge in [0.15, 0.2) is 0 Å². The molecule has 0 amide bonds. The highest BCUT2D eigenvalue weighted by molar-refractivity contribution is 9.12. The highest BCUT2D eigenvalue weighted by atomic mass is 79.9. The molecule has 1 nitrogen and oxygen atoms in total. The molecule has 4 unspecified atom stereocenters. The summed E-state index contributed by atoms with van der Waals surface area (Å²) in [5.74, 6) is 0.671. The van der Waals surface area contributed by atoms with Gasteiger partial charge in [-0.05, 0) is 32.6 Å². The van der Waals surface area contributed by atoms with E-state index >= 15 is 0 Å². The lowest BCUT2D eigenvalue weighted by atomic mass is 9.97. The maximum atomic E-state index is 5.50. The zero-order chi connectivity index (χ0) is 13.5. The second-order valence-corrected chi connectivity index (χ2v) is 9.35. The maximum absolute atomic E-state index is 5.50. The van der Waals surface area contributed by atoms with Crippen molar-refractivity contribution < 1.29 is 4.74 Å². The highest BCUT2D eigenvalue weighted by Crippen LogP contribution is 2.33. The van der Waals surface area contributed by atoms with Crippen molar-refractivity contribution in [3.05, 3.63) is 0 Å². The monoisotopic (exact) mass is 498 g/mol. The summed E-state index contributed by atoms with van der Waals surface area (Å²) >= 11 is 14.7. The van der Waals surface area contributed by atoms with E-state index in [2.05, 4.69) is 77.6 Å². The molecule has 0 spiro atoms. The molecule has 0 aromatic rings. The minimum Gasteiger partial charge on any atom is -0.380 e. The van der Waals surface area contributed by atoms with Gasteiger partial charge in [0.25, 0.3) is 0 Å². The number of rotatable bonds is 9. The van der Waals surface area contributed by atoms with Crippen LogP contribution in [0.3, 0.4) is 0 Å². The Balaban J connectivity index is 4.03. The first-order valence-electron chi connectivity index (χ1n) is 5.95. The van der Waals surface area contributed by atoms with Crippen molar-refractivity contribution in [2.24, 2.45) is 5.92 Å². The normalized spacial score (nSPS) is 20.6. The summed E-state index contributed by atoms with van der Waals surface area (Å²) in [6.45, 7) is 8.01. The van der Waals surface area contributed by atoms with Gasteiger partial charge in [0.1, 0.15) is 0 Å². The first-order chi connectivity index (χ1) is 7.85. The quantitative estimate of drug-likeness (QED) is 0.378. The molecule has 0 heterocycles. The minimum absolute atomic E-state index is 0.0128. The Kier molecular flexibility index (Phi) is 10.8. The van der Waals surface area contributed by atoms with Gasteiger partial charge in [-0.2, -0.15) is 0 Å². The predicted octanol–water partition coefficient (Wildman–Crippen LogP) is 5.51. The lowest BCUT2D eigenvalue weighted by molar-refractivity contribution is 0.128. The SMILES string of the molecule is CCOCC(C)(Br)C(Br)CCC(C)C(Br)CBr. The Morgan fingerprint density at radius 2 is 1.82 bits per heavy atom. The zero-order valence-electron chi connectivity index (χ0n) is 10.7. The van der Waals surface area contributed by atoms with Gasteiger partial charge >= 0.3 is 0 Å². The number of hydrogen-bond acceptors (Lipinski definition) is 1. The summed E-state index contributed by atoms with van der Waals surface area (Å²) in [7, 11) is 0. The van der Waals surface area contributed by atoms with Crippen LogP contribution in [0.2, 0.25) is 0 Å². The summed E-state index contributed by atoms with van der Waals surface area (Å²) in [6, 6.07) is 0. The molecule has 0 rings (SSSR count). The molecular weight excluding hydrogens is 480 g/mol. The molecular formula is C12H22Br4O. The van der Waals surface area contributed by atoms with Gasteiger partial charge in [0, 0.05) is 21.6 Å². The van der Waals surface area contributed by atoms with Crippen molar-refractivity contribution in [3.63, 3.8) is 0 Å². The average Bonchev–Trinajstić information content (AvgIpc) is 2.31. The predicted molar refractivity (Wildman–Crippen MR) is 91.4 cm³/mol. The van der Waals surface area contributed by atoms with Crippen molar-refractivity contribution >= 4 is 63.7 Å². The fourth-order valence-electron chi connectivity index (χ4n) is 1.44. The average molecular weight is 502 g/mol. The van der Waals surface area contributed by atoms with E-state index < -0.39 is 0 Å². The molecule has 104 valence electrons. The van der Waals surface area contributed by atoms with Crippen LogP contribution in [0, 0.1) is 5.92 Å². The van der Waals surface area contributed by atoms with Gasteiger partial charge in [0.2, 0.25) is 0 Å². The van der Waals surface area contributed by atoms with Gasteiger partial charge in [-0.15, -0.1) is 0 Å². The molecule has 0 N–H and O–H groups in total. The van der Waals surface area contributed by atoms with Crippen LogP contribution in [-0.2, 0) is 4.74 Å². The van der Waals surface area contributed by atoms with E-state index in [1.807, 2.05) is 6.92 Å². The lowest BCUT2D eigenvalue weighted by Gasteiger charge is -2.29. The molecule has 5 heteroatoms. The molecule has 0 saturated carbocycles. The molecule has 0 aliphatic heterocycles. The van der Waals surface area contributed by atoms with E-state index in [1.165, 1.54) is 6.42 Å². The molecule has 0 aromatic carbocycles. The van der Waals surface area contributed by atoms with Crippen molar-refractivity contribution in [1.82, 2.24) is 0 Å². The Morgan fingerprint density at radius 3 is 2.29 bits per heavy atom. The molecule has 0 radical (unpaired) electrons. The summed E-state index contributed by atoms with van der Waals surface area (Å²) in [6.07, 6.45) is 2.34. The fraction of sp³-hybridized carbons (Fsp3) is 1.00. The van der Waals surface area contributed by atoms with E-state index in [0.717, 1.165) is 25.0 Å². The Bertz CT molecular complexity index is 199.